The van der Waals surface area contributed by atoms with E-state index in [2.05, 4.69) is 6.92 Å². The van der Waals surface area contributed by atoms with Crippen molar-refractivity contribution in [2.75, 3.05) is 0 Å². The van der Waals surface area contributed by atoms with Gasteiger partial charge in [0.2, 0.25) is 0 Å². The van der Waals surface area contributed by atoms with Crippen LogP contribution in [0.5, 0.6) is 0 Å². The average Bonchev–Trinajstić information content (AvgIpc) is 2.92. The van der Waals surface area contributed by atoms with E-state index in [1.165, 1.54) is 0 Å². The first-order valence-electron chi connectivity index (χ1n) is 5.18. The fourth-order valence-electron chi connectivity index (χ4n) is 1.43. The van der Waals surface area contributed by atoms with Crippen LogP contribution in [0.15, 0.2) is 48.5 Å². The Morgan fingerprint density at radius 1 is 1.31 bits per heavy atom. The Morgan fingerprint density at radius 3 is 2.25 bits per heavy atom. The van der Waals surface area contributed by atoms with Crippen LogP contribution in [-0.4, -0.2) is 5.78 Å². The fraction of sp³-hybridized carbons (Fsp3) is 0.214. The second-order valence-electron chi connectivity index (χ2n) is 3.34. The van der Waals surface area contributed by atoms with Crippen molar-refractivity contribution in [3.63, 3.8) is 0 Å². The number of Topliss-reactive ketones (excluding diaryl/α,β-unsaturated/α-hetero) is 1. The van der Waals surface area contributed by atoms with E-state index in [0.29, 0.717) is 0 Å². The van der Waals surface area contributed by atoms with E-state index in [1.807, 2.05) is 48.5 Å². The number of aryl methyl sites for hydroxylation is 1. The monoisotopic (exact) mass is 256 g/mol. The number of carbonyl (C=O) groups excluding carboxylic acids is 1. The van der Waals surface area contributed by atoms with Gasteiger partial charge in [-0.3, -0.25) is 0 Å². The minimum absolute atomic E-state index is 0. The Morgan fingerprint density at radius 2 is 1.94 bits per heavy atom. The maximum atomic E-state index is 10.9. The molecule has 0 aromatic heterocycles. The van der Waals surface area contributed by atoms with Gasteiger partial charge >= 0.3 is 17.1 Å². The van der Waals surface area contributed by atoms with Crippen LogP contribution in [0, 0.1) is 0 Å². The third-order valence-corrected chi connectivity index (χ3v) is 2.22. The molecule has 0 bridgehead atoms. The summed E-state index contributed by atoms with van der Waals surface area (Å²) in [6.45, 7) is 3.66. The van der Waals surface area contributed by atoms with Crippen LogP contribution in [0.1, 0.15) is 29.8 Å². The van der Waals surface area contributed by atoms with Gasteiger partial charge in [-0.1, -0.05) is 13.3 Å². The molecule has 0 amide bonds. The molecule has 0 unspecified atom stereocenters. The first kappa shape index (κ1) is 14.9. The zero-order chi connectivity index (χ0) is 11.1. The number of hydrogen-bond donors (Lipinski definition) is 0. The van der Waals surface area contributed by atoms with Gasteiger partial charge in [0, 0.05) is 0 Å². The Hall–Kier alpha value is -1.11. The molecule has 0 aliphatic rings. The average molecular weight is 256 g/mol. The van der Waals surface area contributed by atoms with Gasteiger partial charge in [0.1, 0.15) is 0 Å². The van der Waals surface area contributed by atoms with Gasteiger partial charge in [-0.25, -0.2) is 12.1 Å². The van der Waals surface area contributed by atoms with Gasteiger partial charge in [0.15, 0.2) is 0 Å². The van der Waals surface area contributed by atoms with Crippen molar-refractivity contribution >= 4 is 5.78 Å². The topological polar surface area (TPSA) is 17.1 Å². The summed E-state index contributed by atoms with van der Waals surface area (Å²) in [4.78, 5) is 10.9. The second kappa shape index (κ2) is 8.09. The minimum atomic E-state index is 0. The third kappa shape index (κ3) is 4.61. The molecule has 0 aliphatic heterocycles. The van der Waals surface area contributed by atoms with E-state index in [4.69, 9.17) is 0 Å². The van der Waals surface area contributed by atoms with Crippen molar-refractivity contribution in [3.05, 3.63) is 59.7 Å². The van der Waals surface area contributed by atoms with Crippen LogP contribution in [0.2, 0.25) is 0 Å². The summed E-state index contributed by atoms with van der Waals surface area (Å²) in [6, 6.07) is 15.8. The standard InChI is InChI=1S/C9H11O.C5H5.Fe/c1-3-8-5-4-6-9(8)7(2)10;1-2-4-5-3-1;/h4-6H,3H2,1-2H3;1-5H;/q2*-1;+2. The molecule has 0 atom stereocenters. The summed E-state index contributed by atoms with van der Waals surface area (Å²) in [7, 11) is 0. The van der Waals surface area contributed by atoms with E-state index in [9.17, 15) is 4.79 Å². The van der Waals surface area contributed by atoms with Gasteiger partial charge in [0.05, 0.1) is 5.78 Å². The van der Waals surface area contributed by atoms with Crippen molar-refractivity contribution in [1.29, 1.82) is 0 Å². The summed E-state index contributed by atoms with van der Waals surface area (Å²) in [5.74, 6) is 0.168. The normalized spacial score (nSPS) is 8.62. The maximum Gasteiger partial charge on any atom is 2.00 e. The molecule has 0 spiro atoms. The fourth-order valence-corrected chi connectivity index (χ4v) is 1.43. The Balaban J connectivity index is 0.000000318. The van der Waals surface area contributed by atoms with Gasteiger partial charge in [-0.2, -0.15) is 36.4 Å². The van der Waals surface area contributed by atoms with Crippen LogP contribution < -0.4 is 0 Å². The van der Waals surface area contributed by atoms with Gasteiger partial charge in [0.25, 0.3) is 0 Å². The third-order valence-electron chi connectivity index (χ3n) is 2.22. The molecule has 0 saturated carbocycles. The molecular weight excluding hydrogens is 240 g/mol. The molecule has 2 aromatic rings. The van der Waals surface area contributed by atoms with Crippen LogP contribution in [0.4, 0.5) is 0 Å². The first-order valence-corrected chi connectivity index (χ1v) is 5.18. The van der Waals surface area contributed by atoms with E-state index in [0.717, 1.165) is 17.5 Å². The molecule has 0 heterocycles. The summed E-state index contributed by atoms with van der Waals surface area (Å²) >= 11 is 0. The molecule has 0 aliphatic carbocycles. The molecular formula is C14H16FeO. The molecule has 0 fully saturated rings. The molecule has 0 saturated heterocycles. The van der Waals surface area contributed by atoms with Crippen molar-refractivity contribution in [1.82, 2.24) is 0 Å². The Labute approximate surface area is 108 Å². The Kier molecular flexibility index (Phi) is 7.53. The maximum absolute atomic E-state index is 10.9. The number of carbonyl (C=O) groups is 1. The summed E-state index contributed by atoms with van der Waals surface area (Å²) < 4.78 is 0. The summed E-state index contributed by atoms with van der Waals surface area (Å²) in [6.07, 6.45) is 0.946. The quantitative estimate of drug-likeness (QED) is 0.456. The molecule has 0 radical (unpaired) electrons. The smallest absolute Gasteiger partial charge is 0.352 e. The van der Waals surface area contributed by atoms with Gasteiger partial charge in [-0.05, 0) is 6.92 Å². The SMILES string of the molecule is CC[c-]1cccc1C(C)=O.[Fe+2].c1cc[cH-]c1. The zero-order valence-corrected chi connectivity index (χ0v) is 10.7. The van der Waals surface area contributed by atoms with E-state index in [1.54, 1.807) is 6.92 Å². The number of ketones is 1. The molecule has 16 heavy (non-hydrogen) atoms. The molecule has 2 aromatic carbocycles. The first-order chi connectivity index (χ1) is 7.25. The van der Waals surface area contributed by atoms with E-state index < -0.39 is 0 Å². The summed E-state index contributed by atoms with van der Waals surface area (Å²) in [5, 5.41) is 0. The van der Waals surface area contributed by atoms with E-state index in [-0.39, 0.29) is 22.9 Å². The molecule has 1 nitrogen and oxygen atoms in total. The zero-order valence-electron chi connectivity index (χ0n) is 9.59. The van der Waals surface area contributed by atoms with Crippen molar-refractivity contribution in [3.8, 4) is 0 Å². The minimum Gasteiger partial charge on any atom is -0.352 e. The van der Waals surface area contributed by atoms with Crippen LogP contribution >= 0.6 is 0 Å². The van der Waals surface area contributed by atoms with Crippen LogP contribution in [0.3, 0.4) is 0 Å². The van der Waals surface area contributed by atoms with Crippen LogP contribution in [-0.2, 0) is 23.5 Å². The second-order valence-corrected chi connectivity index (χ2v) is 3.34. The van der Waals surface area contributed by atoms with Crippen LogP contribution in [0.25, 0.3) is 0 Å². The summed E-state index contributed by atoms with van der Waals surface area (Å²) in [5.41, 5.74) is 2.04. The van der Waals surface area contributed by atoms with Gasteiger partial charge in [-0.15, -0.1) is 11.1 Å². The van der Waals surface area contributed by atoms with E-state index >= 15 is 0 Å². The predicted molar refractivity (Wildman–Crippen MR) is 63.5 cm³/mol. The predicted octanol–water partition coefficient (Wildman–Crippen LogP) is 3.57. The Bertz CT molecular complexity index is 367. The van der Waals surface area contributed by atoms with Crippen molar-refractivity contribution in [2.45, 2.75) is 20.3 Å². The molecule has 2 rings (SSSR count). The number of hydrogen-bond acceptors (Lipinski definition) is 1. The molecule has 0 N–H and O–H groups in total. The van der Waals surface area contributed by atoms with Crippen molar-refractivity contribution < 1.29 is 21.9 Å². The van der Waals surface area contributed by atoms with Gasteiger partial charge < -0.3 is 4.79 Å². The molecule has 86 valence electrons. The van der Waals surface area contributed by atoms with Crippen molar-refractivity contribution in [2.24, 2.45) is 0 Å². The molecule has 2 heteroatoms. The largest absolute Gasteiger partial charge is 2.00 e. The number of rotatable bonds is 2.